The van der Waals surface area contributed by atoms with Gasteiger partial charge in [-0.1, -0.05) is 29.8 Å². The third kappa shape index (κ3) is 4.69. The first-order valence-corrected chi connectivity index (χ1v) is 6.90. The van der Waals surface area contributed by atoms with Crippen LogP contribution in [0.25, 0.3) is 0 Å². The molecule has 4 heteroatoms. The van der Waals surface area contributed by atoms with Gasteiger partial charge in [-0.25, -0.2) is 0 Å². The molecule has 0 aliphatic carbocycles. The maximum absolute atomic E-state index is 11.8. The van der Waals surface area contributed by atoms with E-state index < -0.39 is 6.10 Å². The number of benzene rings is 1. The number of hydrogen-bond acceptors (Lipinski definition) is 2. The predicted molar refractivity (Wildman–Crippen MR) is 76.8 cm³/mol. The highest BCUT2D eigenvalue weighted by Crippen LogP contribution is 2.23. The van der Waals surface area contributed by atoms with Crippen molar-refractivity contribution in [2.24, 2.45) is 5.92 Å². The van der Waals surface area contributed by atoms with Crippen LogP contribution in [0.15, 0.2) is 22.7 Å². The van der Waals surface area contributed by atoms with Crippen LogP contribution in [0.3, 0.4) is 0 Å². The number of rotatable bonds is 5. The topological polar surface area (TPSA) is 38.3 Å². The molecule has 0 saturated carbocycles. The summed E-state index contributed by atoms with van der Waals surface area (Å²) in [5.41, 5.74) is 1.01. The van der Waals surface area contributed by atoms with Gasteiger partial charge in [0.1, 0.15) is 5.75 Å². The van der Waals surface area contributed by atoms with E-state index in [9.17, 15) is 4.79 Å². The van der Waals surface area contributed by atoms with E-state index in [1.54, 1.807) is 6.92 Å². The summed E-state index contributed by atoms with van der Waals surface area (Å²) in [6.45, 7) is 8.51. The standard InChI is InChI=1S/C14H20BrNO2/c1-9(2)8-16-14(17)11(4)18-13-6-5-12(15)7-10(13)3/h5-7,9,11H,8H2,1-4H3,(H,16,17). The molecule has 100 valence electrons. The molecular weight excluding hydrogens is 294 g/mol. The van der Waals surface area contributed by atoms with Crippen molar-refractivity contribution in [2.75, 3.05) is 6.54 Å². The summed E-state index contributed by atoms with van der Waals surface area (Å²) in [4.78, 5) is 11.8. The van der Waals surface area contributed by atoms with Gasteiger partial charge in [0.2, 0.25) is 0 Å². The molecule has 1 unspecified atom stereocenters. The fourth-order valence-corrected chi connectivity index (χ4v) is 1.91. The highest BCUT2D eigenvalue weighted by molar-refractivity contribution is 9.10. The lowest BCUT2D eigenvalue weighted by Gasteiger charge is -2.17. The molecule has 3 nitrogen and oxygen atoms in total. The molecule has 0 aromatic heterocycles. The van der Waals surface area contributed by atoms with E-state index in [0.717, 1.165) is 15.8 Å². The lowest BCUT2D eigenvalue weighted by molar-refractivity contribution is -0.127. The number of carbonyl (C=O) groups is 1. The van der Waals surface area contributed by atoms with Gasteiger partial charge in [-0.15, -0.1) is 0 Å². The van der Waals surface area contributed by atoms with E-state index in [-0.39, 0.29) is 5.91 Å². The van der Waals surface area contributed by atoms with Crippen LogP contribution in [-0.2, 0) is 4.79 Å². The van der Waals surface area contributed by atoms with E-state index in [1.165, 1.54) is 0 Å². The van der Waals surface area contributed by atoms with Gasteiger partial charge in [0.15, 0.2) is 6.10 Å². The lowest BCUT2D eigenvalue weighted by Crippen LogP contribution is -2.38. The van der Waals surface area contributed by atoms with Crippen molar-refractivity contribution < 1.29 is 9.53 Å². The number of ether oxygens (including phenoxy) is 1. The summed E-state index contributed by atoms with van der Waals surface area (Å²) >= 11 is 3.40. The minimum atomic E-state index is -0.483. The normalized spacial score (nSPS) is 12.3. The van der Waals surface area contributed by atoms with Crippen LogP contribution in [0, 0.1) is 12.8 Å². The molecule has 18 heavy (non-hydrogen) atoms. The first-order valence-electron chi connectivity index (χ1n) is 6.10. The number of halogens is 1. The van der Waals surface area contributed by atoms with E-state index in [1.807, 2.05) is 25.1 Å². The Balaban J connectivity index is 2.58. The Morgan fingerprint density at radius 1 is 1.39 bits per heavy atom. The Labute approximate surface area is 117 Å². The first-order chi connectivity index (χ1) is 8.40. The van der Waals surface area contributed by atoms with Crippen LogP contribution in [0.2, 0.25) is 0 Å². The molecule has 0 bridgehead atoms. The Morgan fingerprint density at radius 2 is 2.06 bits per heavy atom. The van der Waals surface area contributed by atoms with Crippen molar-refractivity contribution >= 4 is 21.8 Å². The molecule has 0 aliphatic rings. The summed E-state index contributed by atoms with van der Waals surface area (Å²) in [6, 6.07) is 5.74. The molecule has 0 aliphatic heterocycles. The average molecular weight is 314 g/mol. The number of amides is 1. The van der Waals surface area contributed by atoms with Crippen LogP contribution in [0.5, 0.6) is 5.75 Å². The Morgan fingerprint density at radius 3 is 2.61 bits per heavy atom. The molecule has 1 aromatic carbocycles. The molecule has 0 radical (unpaired) electrons. The van der Waals surface area contributed by atoms with Gasteiger partial charge in [-0.2, -0.15) is 0 Å². The molecule has 1 aromatic rings. The Bertz CT molecular complexity index is 418. The smallest absolute Gasteiger partial charge is 0.260 e. The number of aryl methyl sites for hydroxylation is 1. The van der Waals surface area contributed by atoms with Crippen molar-refractivity contribution in [3.05, 3.63) is 28.2 Å². The van der Waals surface area contributed by atoms with Crippen LogP contribution in [0.4, 0.5) is 0 Å². The average Bonchev–Trinajstić information content (AvgIpc) is 2.29. The monoisotopic (exact) mass is 313 g/mol. The van der Waals surface area contributed by atoms with Crippen LogP contribution in [0.1, 0.15) is 26.3 Å². The zero-order chi connectivity index (χ0) is 13.7. The largest absolute Gasteiger partial charge is 0.481 e. The first kappa shape index (κ1) is 15.0. The minimum absolute atomic E-state index is 0.0778. The van der Waals surface area contributed by atoms with Gasteiger partial charge in [0.25, 0.3) is 5.91 Å². The zero-order valence-electron chi connectivity index (χ0n) is 11.3. The van der Waals surface area contributed by atoms with Crippen LogP contribution >= 0.6 is 15.9 Å². The Hall–Kier alpha value is -1.03. The highest BCUT2D eigenvalue weighted by Gasteiger charge is 2.15. The van der Waals surface area contributed by atoms with Crippen molar-refractivity contribution in [1.29, 1.82) is 0 Å². The molecule has 0 saturated heterocycles. The molecule has 1 N–H and O–H groups in total. The summed E-state index contributed by atoms with van der Waals surface area (Å²) in [5.74, 6) is 1.10. The lowest BCUT2D eigenvalue weighted by atomic mass is 10.2. The van der Waals surface area contributed by atoms with Crippen molar-refractivity contribution in [1.82, 2.24) is 5.32 Å². The summed E-state index contributed by atoms with van der Waals surface area (Å²) in [5, 5.41) is 2.86. The van der Waals surface area contributed by atoms with Crippen LogP contribution < -0.4 is 10.1 Å². The van der Waals surface area contributed by atoms with Crippen molar-refractivity contribution in [3.63, 3.8) is 0 Å². The predicted octanol–water partition coefficient (Wildman–Crippen LogP) is 3.30. The second-order valence-electron chi connectivity index (χ2n) is 4.81. The summed E-state index contributed by atoms with van der Waals surface area (Å²) in [6.07, 6.45) is -0.483. The zero-order valence-corrected chi connectivity index (χ0v) is 12.9. The van der Waals surface area contributed by atoms with Gasteiger partial charge in [-0.05, 0) is 43.5 Å². The third-order valence-corrected chi connectivity index (χ3v) is 2.99. The quantitative estimate of drug-likeness (QED) is 0.905. The minimum Gasteiger partial charge on any atom is -0.481 e. The second-order valence-corrected chi connectivity index (χ2v) is 5.72. The van der Waals surface area contributed by atoms with Gasteiger partial charge < -0.3 is 10.1 Å². The summed E-state index contributed by atoms with van der Waals surface area (Å²) < 4.78 is 6.67. The third-order valence-electron chi connectivity index (χ3n) is 2.49. The molecule has 1 rings (SSSR count). The fourth-order valence-electron chi connectivity index (χ4n) is 1.44. The second kappa shape index (κ2) is 6.78. The van der Waals surface area contributed by atoms with E-state index in [2.05, 4.69) is 35.1 Å². The Kier molecular flexibility index (Phi) is 5.66. The number of nitrogens with one attached hydrogen (secondary N) is 1. The van der Waals surface area contributed by atoms with Gasteiger partial charge in [0.05, 0.1) is 0 Å². The van der Waals surface area contributed by atoms with Gasteiger partial charge >= 0.3 is 0 Å². The van der Waals surface area contributed by atoms with Crippen molar-refractivity contribution in [3.8, 4) is 5.75 Å². The molecule has 0 spiro atoms. The molecule has 0 heterocycles. The van der Waals surface area contributed by atoms with Crippen molar-refractivity contribution in [2.45, 2.75) is 33.8 Å². The highest BCUT2D eigenvalue weighted by atomic mass is 79.9. The SMILES string of the molecule is Cc1cc(Br)ccc1OC(C)C(=O)NCC(C)C. The molecule has 0 fully saturated rings. The van der Waals surface area contributed by atoms with Gasteiger partial charge in [-0.3, -0.25) is 4.79 Å². The maximum atomic E-state index is 11.8. The molecular formula is C14H20BrNO2. The van der Waals surface area contributed by atoms with E-state index >= 15 is 0 Å². The molecule has 1 atom stereocenters. The van der Waals surface area contributed by atoms with E-state index in [4.69, 9.17) is 4.74 Å². The maximum Gasteiger partial charge on any atom is 0.260 e. The summed E-state index contributed by atoms with van der Waals surface area (Å²) in [7, 11) is 0. The molecule has 1 amide bonds. The van der Waals surface area contributed by atoms with E-state index in [0.29, 0.717) is 12.5 Å². The number of hydrogen-bond donors (Lipinski definition) is 1. The number of carbonyl (C=O) groups excluding carboxylic acids is 1. The van der Waals surface area contributed by atoms with Gasteiger partial charge in [0, 0.05) is 11.0 Å². The fraction of sp³-hybridized carbons (Fsp3) is 0.500. The van der Waals surface area contributed by atoms with Crippen LogP contribution in [-0.4, -0.2) is 18.6 Å².